The first-order chi connectivity index (χ1) is 9.54. The number of aromatic amines is 1. The summed E-state index contributed by atoms with van der Waals surface area (Å²) in [5.41, 5.74) is 2.42. The monoisotopic (exact) mass is 272 g/mol. The van der Waals surface area contributed by atoms with Gasteiger partial charge >= 0.3 is 0 Å². The van der Waals surface area contributed by atoms with Gasteiger partial charge in [0, 0.05) is 13.5 Å². The van der Waals surface area contributed by atoms with Crippen molar-refractivity contribution in [1.29, 1.82) is 0 Å². The van der Waals surface area contributed by atoms with E-state index in [2.05, 4.69) is 46.4 Å². The maximum atomic E-state index is 12.1. The van der Waals surface area contributed by atoms with E-state index in [1.807, 2.05) is 6.92 Å². The van der Waals surface area contributed by atoms with Crippen LogP contribution in [0, 0.1) is 13.8 Å². The quantitative estimate of drug-likeness (QED) is 0.905. The molecule has 0 unspecified atom stereocenters. The van der Waals surface area contributed by atoms with Gasteiger partial charge < -0.3 is 4.90 Å². The van der Waals surface area contributed by atoms with Crippen molar-refractivity contribution in [2.75, 3.05) is 7.05 Å². The molecule has 1 amide bonds. The molecule has 5 heteroatoms. The molecule has 1 aromatic carbocycles. The summed E-state index contributed by atoms with van der Waals surface area (Å²) in [6.45, 7) is 4.34. The summed E-state index contributed by atoms with van der Waals surface area (Å²) in [5, 5.41) is 6.81. The van der Waals surface area contributed by atoms with Crippen LogP contribution in [0.4, 0.5) is 0 Å². The van der Waals surface area contributed by atoms with E-state index in [4.69, 9.17) is 0 Å². The number of nitrogens with one attached hydrogen (secondary N) is 1. The van der Waals surface area contributed by atoms with Gasteiger partial charge in [-0.25, -0.2) is 4.98 Å². The van der Waals surface area contributed by atoms with Gasteiger partial charge in [-0.15, -0.1) is 0 Å². The molecule has 0 saturated heterocycles. The molecule has 2 rings (SSSR count). The zero-order valence-electron chi connectivity index (χ0n) is 12.2. The Morgan fingerprint density at radius 1 is 1.25 bits per heavy atom. The number of aryl methyl sites for hydroxylation is 3. The smallest absolute Gasteiger partial charge is 0.223 e. The predicted octanol–water partition coefficient (Wildman–Crippen LogP) is 2.01. The van der Waals surface area contributed by atoms with Crippen LogP contribution in [0.3, 0.4) is 0 Å². The van der Waals surface area contributed by atoms with Crippen LogP contribution in [-0.2, 0) is 17.8 Å². The Morgan fingerprint density at radius 2 is 1.95 bits per heavy atom. The van der Waals surface area contributed by atoms with Crippen LogP contribution in [0.25, 0.3) is 0 Å². The van der Waals surface area contributed by atoms with E-state index in [0.29, 0.717) is 18.8 Å². The number of carbonyl (C=O) groups excluding carboxylic acids is 1. The fourth-order valence-corrected chi connectivity index (χ4v) is 1.96. The van der Waals surface area contributed by atoms with Crippen molar-refractivity contribution in [2.45, 2.75) is 33.2 Å². The number of hydrogen-bond donors (Lipinski definition) is 1. The summed E-state index contributed by atoms with van der Waals surface area (Å²) in [6, 6.07) is 8.28. The number of H-pyrrole nitrogens is 1. The van der Waals surface area contributed by atoms with Crippen molar-refractivity contribution in [3.05, 3.63) is 47.0 Å². The molecule has 0 bridgehead atoms. The van der Waals surface area contributed by atoms with Crippen LogP contribution >= 0.6 is 0 Å². The van der Waals surface area contributed by atoms with Crippen molar-refractivity contribution in [3.8, 4) is 0 Å². The largest absolute Gasteiger partial charge is 0.338 e. The molecule has 5 nitrogen and oxygen atoms in total. The van der Waals surface area contributed by atoms with Crippen molar-refractivity contribution in [3.63, 3.8) is 0 Å². The van der Waals surface area contributed by atoms with Crippen molar-refractivity contribution < 1.29 is 4.79 Å². The SMILES string of the molecule is Cc1ccc(CCC(=O)N(C)Cc2n[nH]c(C)n2)cc1. The second-order valence-electron chi connectivity index (χ2n) is 5.07. The first kappa shape index (κ1) is 14.2. The first-order valence-corrected chi connectivity index (χ1v) is 6.72. The van der Waals surface area contributed by atoms with Gasteiger partial charge in [0.2, 0.25) is 5.91 Å². The lowest BCUT2D eigenvalue weighted by molar-refractivity contribution is -0.130. The normalized spacial score (nSPS) is 10.6. The molecule has 0 aliphatic carbocycles. The number of benzene rings is 1. The van der Waals surface area contributed by atoms with Gasteiger partial charge in [-0.3, -0.25) is 9.89 Å². The molecule has 0 radical (unpaired) electrons. The Bertz CT molecular complexity index is 574. The minimum Gasteiger partial charge on any atom is -0.338 e. The first-order valence-electron chi connectivity index (χ1n) is 6.72. The van der Waals surface area contributed by atoms with Gasteiger partial charge in [0.1, 0.15) is 5.82 Å². The van der Waals surface area contributed by atoms with Gasteiger partial charge in [-0.1, -0.05) is 29.8 Å². The van der Waals surface area contributed by atoms with E-state index >= 15 is 0 Å². The highest BCUT2D eigenvalue weighted by atomic mass is 16.2. The lowest BCUT2D eigenvalue weighted by Crippen LogP contribution is -2.26. The third kappa shape index (κ3) is 3.91. The number of nitrogens with zero attached hydrogens (tertiary/aromatic N) is 3. The predicted molar refractivity (Wildman–Crippen MR) is 77.1 cm³/mol. The van der Waals surface area contributed by atoms with Crippen LogP contribution in [0.15, 0.2) is 24.3 Å². The van der Waals surface area contributed by atoms with Gasteiger partial charge in [0.25, 0.3) is 0 Å². The molecule has 106 valence electrons. The van der Waals surface area contributed by atoms with E-state index in [-0.39, 0.29) is 5.91 Å². The molecule has 0 saturated carbocycles. The van der Waals surface area contributed by atoms with Gasteiger partial charge in [0.05, 0.1) is 6.54 Å². The highest BCUT2D eigenvalue weighted by molar-refractivity contribution is 5.76. The van der Waals surface area contributed by atoms with E-state index in [1.54, 1.807) is 11.9 Å². The average Bonchev–Trinajstić information content (AvgIpc) is 2.83. The molecule has 0 fully saturated rings. The summed E-state index contributed by atoms with van der Waals surface area (Å²) < 4.78 is 0. The van der Waals surface area contributed by atoms with E-state index in [1.165, 1.54) is 11.1 Å². The number of aromatic nitrogens is 3. The molecule has 2 aromatic rings. The summed E-state index contributed by atoms with van der Waals surface area (Å²) in [6.07, 6.45) is 1.26. The van der Waals surface area contributed by atoms with Crippen LogP contribution in [-0.4, -0.2) is 33.0 Å². The zero-order chi connectivity index (χ0) is 14.5. The fraction of sp³-hybridized carbons (Fsp3) is 0.400. The maximum absolute atomic E-state index is 12.1. The number of amides is 1. The molecule has 0 aliphatic heterocycles. The molecule has 0 aliphatic rings. The van der Waals surface area contributed by atoms with Gasteiger partial charge in [-0.05, 0) is 25.8 Å². The van der Waals surface area contributed by atoms with Crippen LogP contribution in [0.5, 0.6) is 0 Å². The summed E-state index contributed by atoms with van der Waals surface area (Å²) in [5.74, 6) is 1.52. The van der Waals surface area contributed by atoms with Crippen LogP contribution in [0.1, 0.15) is 29.2 Å². The highest BCUT2D eigenvalue weighted by Crippen LogP contribution is 2.07. The lowest BCUT2D eigenvalue weighted by Gasteiger charge is -2.15. The summed E-state index contributed by atoms with van der Waals surface area (Å²) >= 11 is 0. The minimum atomic E-state index is 0.105. The molecule has 1 aromatic heterocycles. The Balaban J connectivity index is 1.83. The van der Waals surface area contributed by atoms with Crippen LogP contribution < -0.4 is 0 Å². The molecule has 0 atom stereocenters. The topological polar surface area (TPSA) is 61.9 Å². The molecule has 0 spiro atoms. The number of carbonyl (C=O) groups is 1. The van der Waals surface area contributed by atoms with Crippen molar-refractivity contribution in [1.82, 2.24) is 20.1 Å². The molecular formula is C15H20N4O. The van der Waals surface area contributed by atoms with Crippen LogP contribution in [0.2, 0.25) is 0 Å². The number of rotatable bonds is 5. The Labute approximate surface area is 119 Å². The van der Waals surface area contributed by atoms with Crippen molar-refractivity contribution in [2.24, 2.45) is 0 Å². The summed E-state index contributed by atoms with van der Waals surface area (Å²) in [7, 11) is 1.78. The van der Waals surface area contributed by atoms with E-state index in [0.717, 1.165) is 12.2 Å². The molecule has 20 heavy (non-hydrogen) atoms. The third-order valence-corrected chi connectivity index (χ3v) is 3.20. The lowest BCUT2D eigenvalue weighted by atomic mass is 10.1. The standard InChI is InChI=1S/C15H20N4O/c1-11-4-6-13(7-5-11)8-9-15(20)19(3)10-14-16-12(2)17-18-14/h4-7H,8-10H2,1-3H3,(H,16,17,18). The second kappa shape index (κ2) is 6.32. The second-order valence-corrected chi connectivity index (χ2v) is 5.07. The van der Waals surface area contributed by atoms with Crippen molar-refractivity contribution >= 4 is 5.91 Å². The highest BCUT2D eigenvalue weighted by Gasteiger charge is 2.11. The zero-order valence-corrected chi connectivity index (χ0v) is 12.2. The Hall–Kier alpha value is -2.17. The van der Waals surface area contributed by atoms with E-state index in [9.17, 15) is 4.79 Å². The molecule has 1 heterocycles. The molecular weight excluding hydrogens is 252 g/mol. The summed E-state index contributed by atoms with van der Waals surface area (Å²) in [4.78, 5) is 17.9. The molecule has 1 N–H and O–H groups in total. The van der Waals surface area contributed by atoms with E-state index < -0.39 is 0 Å². The number of hydrogen-bond acceptors (Lipinski definition) is 3. The minimum absolute atomic E-state index is 0.105. The van der Waals surface area contributed by atoms with Gasteiger partial charge in [-0.2, -0.15) is 5.10 Å². The Kier molecular flexibility index (Phi) is 4.50. The Morgan fingerprint density at radius 3 is 2.55 bits per heavy atom. The fourth-order valence-electron chi connectivity index (χ4n) is 1.96. The maximum Gasteiger partial charge on any atom is 0.223 e. The van der Waals surface area contributed by atoms with Gasteiger partial charge in [0.15, 0.2) is 5.82 Å². The third-order valence-electron chi connectivity index (χ3n) is 3.20. The average molecular weight is 272 g/mol.